The summed E-state index contributed by atoms with van der Waals surface area (Å²) in [6.45, 7) is 4.55. The van der Waals surface area contributed by atoms with Gasteiger partial charge in [-0.05, 0) is 54.5 Å². The van der Waals surface area contributed by atoms with Gasteiger partial charge in [0.15, 0.2) is 0 Å². The van der Waals surface area contributed by atoms with Crippen LogP contribution in [0.15, 0.2) is 16.8 Å². The SMILES string of the molecule is CC(Cc1ccsc1)N(CCO)CC1CC1. The lowest BCUT2D eigenvalue weighted by Gasteiger charge is -2.28. The zero-order chi connectivity index (χ0) is 11.4. The Balaban J connectivity index is 1.84. The van der Waals surface area contributed by atoms with Crippen LogP contribution >= 0.6 is 11.3 Å². The summed E-state index contributed by atoms with van der Waals surface area (Å²) in [6.07, 6.45) is 3.87. The Morgan fingerprint density at radius 3 is 2.94 bits per heavy atom. The lowest BCUT2D eigenvalue weighted by molar-refractivity contribution is 0.152. The summed E-state index contributed by atoms with van der Waals surface area (Å²) in [5, 5.41) is 13.5. The maximum absolute atomic E-state index is 9.11. The average molecular weight is 239 g/mol. The summed E-state index contributed by atoms with van der Waals surface area (Å²) < 4.78 is 0. The van der Waals surface area contributed by atoms with Crippen molar-refractivity contribution in [3.8, 4) is 0 Å². The van der Waals surface area contributed by atoms with Crippen molar-refractivity contribution in [1.82, 2.24) is 4.90 Å². The molecule has 0 aromatic carbocycles. The molecule has 0 radical (unpaired) electrons. The molecule has 2 nitrogen and oxygen atoms in total. The molecule has 2 rings (SSSR count). The first-order valence-corrected chi connectivity index (χ1v) is 7.10. The van der Waals surface area contributed by atoms with Gasteiger partial charge in [-0.1, -0.05) is 0 Å². The number of nitrogens with zero attached hydrogens (tertiary/aromatic N) is 1. The fourth-order valence-electron chi connectivity index (χ4n) is 2.13. The predicted octanol–water partition coefficient (Wildman–Crippen LogP) is 2.38. The van der Waals surface area contributed by atoms with Gasteiger partial charge in [0.2, 0.25) is 0 Å². The van der Waals surface area contributed by atoms with Crippen LogP contribution in [-0.4, -0.2) is 35.7 Å². The van der Waals surface area contributed by atoms with Crippen molar-refractivity contribution in [2.75, 3.05) is 19.7 Å². The molecule has 16 heavy (non-hydrogen) atoms. The molecule has 1 atom stereocenters. The van der Waals surface area contributed by atoms with Crippen LogP contribution in [0, 0.1) is 5.92 Å². The van der Waals surface area contributed by atoms with Crippen molar-refractivity contribution in [2.45, 2.75) is 32.2 Å². The van der Waals surface area contributed by atoms with Crippen LogP contribution in [0.2, 0.25) is 0 Å². The van der Waals surface area contributed by atoms with Gasteiger partial charge in [0.25, 0.3) is 0 Å². The van der Waals surface area contributed by atoms with Crippen molar-refractivity contribution >= 4 is 11.3 Å². The number of aliphatic hydroxyl groups is 1. The second kappa shape index (κ2) is 5.80. The van der Waals surface area contributed by atoms with E-state index in [0.29, 0.717) is 6.04 Å². The smallest absolute Gasteiger partial charge is 0.0558 e. The fraction of sp³-hybridized carbons (Fsp3) is 0.692. The van der Waals surface area contributed by atoms with Gasteiger partial charge in [-0.25, -0.2) is 0 Å². The highest BCUT2D eigenvalue weighted by Gasteiger charge is 2.26. The van der Waals surface area contributed by atoms with E-state index in [-0.39, 0.29) is 6.61 Å². The lowest BCUT2D eigenvalue weighted by Crippen LogP contribution is -2.38. The van der Waals surface area contributed by atoms with E-state index in [1.54, 1.807) is 11.3 Å². The third kappa shape index (κ3) is 3.58. The molecule has 3 heteroatoms. The Morgan fingerprint density at radius 1 is 1.56 bits per heavy atom. The van der Waals surface area contributed by atoms with E-state index >= 15 is 0 Å². The minimum absolute atomic E-state index is 0.278. The largest absolute Gasteiger partial charge is 0.395 e. The Kier molecular flexibility index (Phi) is 4.38. The molecule has 1 aliphatic carbocycles. The maximum Gasteiger partial charge on any atom is 0.0558 e. The second-order valence-corrected chi connectivity index (χ2v) is 5.63. The number of aliphatic hydroxyl groups excluding tert-OH is 1. The molecule has 1 aliphatic rings. The standard InChI is InChI=1S/C13H21NOS/c1-11(8-13-4-7-16-10-13)14(5-6-15)9-12-2-3-12/h4,7,10-12,15H,2-3,5-6,8-9H2,1H3. The summed E-state index contributed by atoms with van der Waals surface area (Å²) in [6, 6.07) is 2.75. The van der Waals surface area contributed by atoms with Gasteiger partial charge in [-0.3, -0.25) is 4.90 Å². The molecule has 1 N–H and O–H groups in total. The van der Waals surface area contributed by atoms with Gasteiger partial charge < -0.3 is 5.11 Å². The molecule has 1 aromatic rings. The maximum atomic E-state index is 9.11. The van der Waals surface area contributed by atoms with Crippen LogP contribution < -0.4 is 0 Å². The van der Waals surface area contributed by atoms with Crippen LogP contribution in [0.3, 0.4) is 0 Å². The Morgan fingerprint density at radius 2 is 2.38 bits per heavy atom. The van der Waals surface area contributed by atoms with E-state index in [4.69, 9.17) is 5.11 Å². The monoisotopic (exact) mass is 239 g/mol. The summed E-state index contributed by atoms with van der Waals surface area (Å²) in [5.41, 5.74) is 1.43. The van der Waals surface area contributed by atoms with Crippen LogP contribution in [0.4, 0.5) is 0 Å². The first-order valence-electron chi connectivity index (χ1n) is 6.15. The molecule has 1 saturated carbocycles. The number of hydrogen-bond donors (Lipinski definition) is 1. The van der Waals surface area contributed by atoms with E-state index in [1.807, 2.05) is 0 Å². The molecule has 0 bridgehead atoms. The number of rotatable bonds is 7. The Labute approximate surface area is 102 Å². The van der Waals surface area contributed by atoms with Gasteiger partial charge in [0, 0.05) is 19.1 Å². The van der Waals surface area contributed by atoms with Gasteiger partial charge in [-0.15, -0.1) is 0 Å². The van der Waals surface area contributed by atoms with Crippen molar-refractivity contribution in [1.29, 1.82) is 0 Å². The summed E-state index contributed by atoms with van der Waals surface area (Å²) in [5.74, 6) is 0.900. The zero-order valence-corrected chi connectivity index (χ0v) is 10.7. The topological polar surface area (TPSA) is 23.5 Å². The minimum Gasteiger partial charge on any atom is -0.395 e. The number of thiophene rings is 1. The van der Waals surface area contributed by atoms with Gasteiger partial charge in [-0.2, -0.15) is 11.3 Å². The Hall–Kier alpha value is -0.380. The summed E-state index contributed by atoms with van der Waals surface area (Å²) in [7, 11) is 0. The molecule has 0 saturated heterocycles. The molecule has 1 fully saturated rings. The first-order chi connectivity index (χ1) is 7.79. The van der Waals surface area contributed by atoms with Crippen molar-refractivity contribution in [3.63, 3.8) is 0 Å². The molecular formula is C13H21NOS. The fourth-order valence-corrected chi connectivity index (χ4v) is 2.81. The third-order valence-corrected chi connectivity index (χ3v) is 4.04. The van der Waals surface area contributed by atoms with Crippen LogP contribution in [0.5, 0.6) is 0 Å². The van der Waals surface area contributed by atoms with E-state index < -0.39 is 0 Å². The minimum atomic E-state index is 0.278. The highest BCUT2D eigenvalue weighted by Crippen LogP contribution is 2.30. The van der Waals surface area contributed by atoms with Crippen molar-refractivity contribution in [2.24, 2.45) is 5.92 Å². The van der Waals surface area contributed by atoms with Crippen molar-refractivity contribution < 1.29 is 5.11 Å². The van der Waals surface area contributed by atoms with Crippen LogP contribution in [0.25, 0.3) is 0 Å². The molecule has 1 aromatic heterocycles. The van der Waals surface area contributed by atoms with E-state index in [0.717, 1.165) is 18.9 Å². The first kappa shape index (κ1) is 12.1. The molecule has 1 heterocycles. The predicted molar refractivity (Wildman–Crippen MR) is 68.9 cm³/mol. The summed E-state index contributed by atoms with van der Waals surface area (Å²) >= 11 is 1.76. The van der Waals surface area contributed by atoms with Crippen molar-refractivity contribution in [3.05, 3.63) is 22.4 Å². The quantitative estimate of drug-likeness (QED) is 0.789. The van der Waals surface area contributed by atoms with Gasteiger partial charge in [0.05, 0.1) is 6.61 Å². The summed E-state index contributed by atoms with van der Waals surface area (Å²) in [4.78, 5) is 2.44. The molecular weight excluding hydrogens is 218 g/mol. The van der Waals surface area contributed by atoms with E-state index in [1.165, 1.54) is 24.9 Å². The third-order valence-electron chi connectivity index (χ3n) is 3.31. The highest BCUT2D eigenvalue weighted by atomic mass is 32.1. The van der Waals surface area contributed by atoms with Gasteiger partial charge in [0.1, 0.15) is 0 Å². The van der Waals surface area contributed by atoms with Gasteiger partial charge >= 0.3 is 0 Å². The van der Waals surface area contributed by atoms with Crippen LogP contribution in [-0.2, 0) is 6.42 Å². The molecule has 0 amide bonds. The lowest BCUT2D eigenvalue weighted by atomic mass is 10.1. The van der Waals surface area contributed by atoms with E-state index in [9.17, 15) is 0 Å². The normalized spacial score (nSPS) is 17.9. The second-order valence-electron chi connectivity index (χ2n) is 4.85. The zero-order valence-electron chi connectivity index (χ0n) is 9.93. The van der Waals surface area contributed by atoms with Crippen LogP contribution in [0.1, 0.15) is 25.3 Å². The molecule has 90 valence electrons. The molecule has 1 unspecified atom stereocenters. The Bertz CT molecular complexity index is 295. The highest BCUT2D eigenvalue weighted by molar-refractivity contribution is 7.07. The molecule has 0 aliphatic heterocycles. The van der Waals surface area contributed by atoms with E-state index in [2.05, 4.69) is 28.7 Å². The average Bonchev–Trinajstić information content (AvgIpc) is 2.94. The molecule has 0 spiro atoms. The number of hydrogen-bond acceptors (Lipinski definition) is 3.